The monoisotopic (exact) mass is 390 g/mol. The Hall–Kier alpha value is -1.03. The molecule has 2 bridgehead atoms. The van der Waals surface area contributed by atoms with Crippen molar-refractivity contribution in [3.63, 3.8) is 0 Å². The molecule has 0 aromatic heterocycles. The molecule has 0 radical (unpaired) electrons. The molecule has 0 nitrogen and oxygen atoms in total. The highest BCUT2D eigenvalue weighted by molar-refractivity contribution is 5.38. The van der Waals surface area contributed by atoms with Crippen molar-refractivity contribution >= 4 is 0 Å². The van der Waals surface area contributed by atoms with Crippen molar-refractivity contribution in [2.45, 2.75) is 55.3 Å². The maximum absolute atomic E-state index is 14.7. The predicted molar refractivity (Wildman–Crippen MR) is 64.5 cm³/mol. The molecule has 25 heavy (non-hydrogen) atoms. The van der Waals surface area contributed by atoms with E-state index in [4.69, 9.17) is 0 Å². The second-order valence-corrected chi connectivity index (χ2v) is 6.88. The van der Waals surface area contributed by atoms with Crippen LogP contribution in [0.1, 0.15) is 20.3 Å². The fourth-order valence-corrected chi connectivity index (χ4v) is 4.00. The molecule has 4 unspecified atom stereocenters. The highest BCUT2D eigenvalue weighted by Crippen LogP contribution is 2.81. The quantitative estimate of drug-likeness (QED) is 0.430. The summed E-state index contributed by atoms with van der Waals surface area (Å²) in [5.74, 6) is -23.5. The van der Waals surface area contributed by atoms with Gasteiger partial charge in [-0.05, 0) is 13.8 Å². The van der Waals surface area contributed by atoms with E-state index in [1.807, 2.05) is 0 Å². The van der Waals surface area contributed by atoms with Crippen molar-refractivity contribution < 1.29 is 48.3 Å². The van der Waals surface area contributed by atoms with E-state index in [2.05, 4.69) is 6.58 Å². The van der Waals surface area contributed by atoms with E-state index < -0.39 is 78.9 Å². The summed E-state index contributed by atoms with van der Waals surface area (Å²) in [6.45, 7) is -1.36. The van der Waals surface area contributed by atoms with Gasteiger partial charge in [-0.1, -0.05) is 6.08 Å². The second kappa shape index (κ2) is 4.44. The molecule has 2 aliphatic carbocycles. The van der Waals surface area contributed by atoms with Crippen LogP contribution in [0, 0.1) is 10.8 Å². The molecule has 0 heterocycles. The van der Waals surface area contributed by atoms with E-state index in [9.17, 15) is 48.3 Å². The number of hydrogen-bond acceptors (Lipinski definition) is 0. The minimum atomic E-state index is -6.13. The Morgan fingerprint density at radius 3 is 1.56 bits per heavy atom. The van der Waals surface area contributed by atoms with Crippen molar-refractivity contribution in [3.8, 4) is 0 Å². The van der Waals surface area contributed by atoms with Gasteiger partial charge < -0.3 is 0 Å². The maximum atomic E-state index is 14.7. The summed E-state index contributed by atoms with van der Waals surface area (Å²) in [5, 5.41) is 0. The standard InChI is InChI=1S/C14H13F11/c1-4-9-5-10(17,6-15)13(22,23)7(2,12(9,20)21)11(18,19)8(3,16)14(9,24)25/h4H,1,5-6H2,2-3H3. The lowest BCUT2D eigenvalue weighted by molar-refractivity contribution is -0.490. The molecule has 11 heteroatoms. The smallest absolute Gasteiger partial charge is 0.247 e. The zero-order chi connectivity index (χ0) is 20.1. The molecular weight excluding hydrogens is 377 g/mol. The molecule has 0 aromatic carbocycles. The minimum absolute atomic E-state index is 0.433. The minimum Gasteiger partial charge on any atom is -0.247 e. The van der Waals surface area contributed by atoms with Gasteiger partial charge in [0.2, 0.25) is 11.3 Å². The Morgan fingerprint density at radius 2 is 1.20 bits per heavy atom. The van der Waals surface area contributed by atoms with Gasteiger partial charge in [0, 0.05) is 6.42 Å². The van der Waals surface area contributed by atoms with Crippen LogP contribution >= 0.6 is 0 Å². The lowest BCUT2D eigenvalue weighted by Gasteiger charge is -2.68. The van der Waals surface area contributed by atoms with Crippen molar-refractivity contribution in [2.24, 2.45) is 10.8 Å². The predicted octanol–water partition coefficient (Wildman–Crippen LogP) is 5.53. The van der Waals surface area contributed by atoms with Crippen LogP contribution in [0.15, 0.2) is 12.7 Å². The van der Waals surface area contributed by atoms with Gasteiger partial charge in [-0.2, -0.15) is 0 Å². The van der Waals surface area contributed by atoms with E-state index in [0.717, 1.165) is 0 Å². The third-order valence-corrected chi connectivity index (χ3v) is 5.87. The summed E-state index contributed by atoms with van der Waals surface area (Å²) in [5.41, 5.74) is -19.8. The van der Waals surface area contributed by atoms with Gasteiger partial charge in [-0.25, -0.2) is 48.3 Å². The lowest BCUT2D eigenvalue weighted by atomic mass is 9.42. The van der Waals surface area contributed by atoms with Gasteiger partial charge in [0.1, 0.15) is 12.1 Å². The summed E-state index contributed by atoms with van der Waals surface area (Å²) in [6.07, 6.45) is -3.06. The van der Waals surface area contributed by atoms with Crippen LogP contribution < -0.4 is 0 Å². The zero-order valence-electron chi connectivity index (χ0n) is 12.9. The van der Waals surface area contributed by atoms with Crippen LogP contribution in [0.3, 0.4) is 0 Å². The number of alkyl halides is 11. The summed E-state index contributed by atoms with van der Waals surface area (Å²) < 4.78 is 158. The molecule has 0 aromatic rings. The first-order chi connectivity index (χ1) is 10.8. The SMILES string of the molecule is C=CC12CC(F)(CF)C(F)(F)C(C)(C(F)(F)C(C)(F)C1(F)F)C2(F)F. The van der Waals surface area contributed by atoms with E-state index >= 15 is 0 Å². The highest BCUT2D eigenvalue weighted by Gasteiger charge is 3.01. The normalized spacial score (nSPS) is 49.5. The Kier molecular flexibility index (Phi) is 3.60. The Morgan fingerprint density at radius 1 is 0.760 bits per heavy atom. The van der Waals surface area contributed by atoms with Gasteiger partial charge in [-0.15, -0.1) is 6.58 Å². The number of allylic oxidation sites excluding steroid dienone is 1. The third-order valence-electron chi connectivity index (χ3n) is 5.87. The first-order valence-corrected chi connectivity index (χ1v) is 6.91. The number of fused-ring (bicyclic) bond motifs is 2. The third kappa shape index (κ3) is 1.47. The number of halogens is 11. The summed E-state index contributed by atoms with van der Waals surface area (Å²) in [6, 6.07) is 0. The van der Waals surface area contributed by atoms with Crippen molar-refractivity contribution in [1.82, 2.24) is 0 Å². The van der Waals surface area contributed by atoms with E-state index in [0.29, 0.717) is 0 Å². The van der Waals surface area contributed by atoms with Crippen LogP contribution in [0.2, 0.25) is 0 Å². The fraction of sp³-hybridized carbons (Fsp3) is 0.857. The van der Waals surface area contributed by atoms with Gasteiger partial charge in [0.05, 0.1) is 0 Å². The number of hydrogen-bond donors (Lipinski definition) is 0. The zero-order valence-corrected chi connectivity index (χ0v) is 12.9. The van der Waals surface area contributed by atoms with Gasteiger partial charge in [0.15, 0.2) is 5.41 Å². The van der Waals surface area contributed by atoms with E-state index in [1.54, 1.807) is 0 Å². The average Bonchev–Trinajstić information content (AvgIpc) is 2.47. The molecule has 146 valence electrons. The van der Waals surface area contributed by atoms with Crippen LogP contribution in [0.5, 0.6) is 0 Å². The van der Waals surface area contributed by atoms with Gasteiger partial charge >= 0.3 is 17.8 Å². The molecule has 2 rings (SSSR count). The van der Waals surface area contributed by atoms with Crippen LogP contribution in [0.25, 0.3) is 0 Å². The average molecular weight is 390 g/mol. The molecule has 4 atom stereocenters. The maximum Gasteiger partial charge on any atom is 0.304 e. The molecule has 2 saturated carbocycles. The summed E-state index contributed by atoms with van der Waals surface area (Å²) in [4.78, 5) is 0. The first-order valence-electron chi connectivity index (χ1n) is 6.91. The van der Waals surface area contributed by atoms with Gasteiger partial charge in [0.25, 0.3) is 5.92 Å². The number of rotatable bonds is 2. The molecule has 0 amide bonds. The molecule has 0 N–H and O–H groups in total. The van der Waals surface area contributed by atoms with Crippen molar-refractivity contribution in [3.05, 3.63) is 12.7 Å². The topological polar surface area (TPSA) is 0 Å². The highest BCUT2D eigenvalue weighted by atomic mass is 19.3. The van der Waals surface area contributed by atoms with Crippen molar-refractivity contribution in [1.29, 1.82) is 0 Å². The van der Waals surface area contributed by atoms with Crippen LogP contribution in [0.4, 0.5) is 48.3 Å². The van der Waals surface area contributed by atoms with E-state index in [-0.39, 0.29) is 0 Å². The molecule has 0 spiro atoms. The fourth-order valence-electron chi connectivity index (χ4n) is 4.00. The summed E-state index contributed by atoms with van der Waals surface area (Å²) >= 11 is 0. The second-order valence-electron chi connectivity index (χ2n) is 6.88. The summed E-state index contributed by atoms with van der Waals surface area (Å²) in [7, 11) is 0. The molecule has 2 fully saturated rings. The van der Waals surface area contributed by atoms with Gasteiger partial charge in [-0.3, -0.25) is 0 Å². The van der Waals surface area contributed by atoms with Crippen molar-refractivity contribution in [2.75, 3.05) is 6.67 Å². The Labute approximate surface area is 135 Å². The Balaban J connectivity index is 3.10. The lowest BCUT2D eigenvalue weighted by Crippen LogP contribution is -2.89. The first kappa shape index (κ1) is 20.3. The largest absolute Gasteiger partial charge is 0.304 e. The molecule has 2 aliphatic rings. The molecular formula is C14H13F11. The molecule has 0 aliphatic heterocycles. The van der Waals surface area contributed by atoms with Crippen LogP contribution in [-0.4, -0.2) is 41.7 Å². The Bertz CT molecular complexity index is 610. The van der Waals surface area contributed by atoms with E-state index in [1.165, 1.54) is 0 Å². The molecule has 0 saturated heterocycles. The van der Waals surface area contributed by atoms with Crippen LogP contribution in [-0.2, 0) is 0 Å².